The quantitative estimate of drug-likeness (QED) is 0.0765. The van der Waals surface area contributed by atoms with Gasteiger partial charge in [0.05, 0.1) is 62.6 Å². The molecular formula is C52H86N4O32S2. The number of aliphatic carboxylic acids is 2. The average molecular weight is 1340 g/mol. The lowest BCUT2D eigenvalue weighted by Gasteiger charge is -2.16. The highest BCUT2D eigenvalue weighted by Gasteiger charge is 2.15. The molecule has 36 nitrogen and oxygen atoms in total. The molecule has 0 saturated heterocycles. The van der Waals surface area contributed by atoms with E-state index in [9.17, 15) is 45.7 Å². The van der Waals surface area contributed by atoms with Crippen molar-refractivity contribution in [3.63, 3.8) is 0 Å². The second-order valence-electron chi connectivity index (χ2n) is 16.5. The number of carboxylic acids is 2. The molecule has 28 N–H and O–H groups in total. The zero-order valence-electron chi connectivity index (χ0n) is 48.4. The number of rotatable bonds is 13. The van der Waals surface area contributed by atoms with Crippen LogP contribution in [0.25, 0.3) is 22.3 Å². The summed E-state index contributed by atoms with van der Waals surface area (Å²) in [6.45, 7) is 4.33. The van der Waals surface area contributed by atoms with Crippen LogP contribution in [0.4, 0.5) is 0 Å². The maximum atomic E-state index is 11.4. The van der Waals surface area contributed by atoms with E-state index in [0.29, 0.717) is 13.1 Å². The third-order valence-electron chi connectivity index (χ3n) is 11.1. The molecular weight excluding hydrogens is 1260 g/mol. The Hall–Kier alpha value is -7.72. The van der Waals surface area contributed by atoms with Gasteiger partial charge in [-0.2, -0.15) is 9.13 Å². The number of carbonyl (C=O) groups is 2. The van der Waals surface area contributed by atoms with Gasteiger partial charge in [0.25, 0.3) is 0 Å². The highest BCUT2D eigenvalue weighted by atomic mass is 32.2. The first kappa shape index (κ1) is 101. The summed E-state index contributed by atoms with van der Waals surface area (Å²) in [5.41, 5.74) is 4.34. The van der Waals surface area contributed by atoms with Gasteiger partial charge >= 0.3 is 0 Å². The van der Waals surface area contributed by atoms with Crippen LogP contribution in [0.15, 0.2) is 144 Å². The van der Waals surface area contributed by atoms with Crippen molar-refractivity contribution >= 4 is 32.2 Å². The van der Waals surface area contributed by atoms with E-state index < -0.39 is 42.0 Å². The Bertz CT molecular complexity index is 2820. The molecule has 0 spiro atoms. The van der Waals surface area contributed by atoms with Crippen molar-refractivity contribution in [1.29, 1.82) is 0 Å². The Labute approximate surface area is 517 Å². The van der Waals surface area contributed by atoms with Gasteiger partial charge in [-0.15, -0.1) is 0 Å². The third kappa shape index (κ3) is 35.5. The fraction of sp³-hybridized carbons (Fsp3) is 0.346. The van der Waals surface area contributed by atoms with Crippen molar-refractivity contribution in [1.82, 2.24) is 0 Å². The molecule has 0 bridgehead atoms. The largest absolute Gasteiger partial charge is 0.744 e. The number of carbonyl (C=O) groups excluding carboxylic acids is 2. The summed E-state index contributed by atoms with van der Waals surface area (Å²) in [6, 6.07) is 23.3. The fourth-order valence-electron chi connectivity index (χ4n) is 7.11. The predicted octanol–water partition coefficient (Wildman–Crippen LogP) is -11.6. The monoisotopic (exact) mass is 1340 g/mol. The first-order valence-electron chi connectivity index (χ1n) is 24.0. The molecule has 90 heavy (non-hydrogen) atoms. The number of hydrogen-bond donors (Lipinski definition) is 0. The van der Waals surface area contributed by atoms with Crippen molar-refractivity contribution in [2.45, 2.75) is 48.8 Å². The second-order valence-corrected chi connectivity index (χ2v) is 19.3. The van der Waals surface area contributed by atoms with E-state index in [0.717, 1.165) is 59.6 Å². The minimum absolute atomic E-state index is 0. The summed E-state index contributed by atoms with van der Waals surface area (Å²) in [5.74, 6) is -1.48. The lowest BCUT2D eigenvalue weighted by Crippen LogP contribution is -2.43. The standard InChI is InChI=1S/C28H28N4O4.C24H32O14S2.14H2O/c33-27(34)9-19-29-11-1-23(2-12-29)25-5-15-31(16-6-25)21-22-32-17-7-26(8-18-32)24-3-13-30(14-4-24)20-10-28(35)36;25-39(26,27)19-1-3-21-23(17-19)37-15-11-33-8-6-32-10-14-36-22-4-2-20(40(28,29)30)18-24(22)38-16-12-34-7-5-31-9-13-35-21;;;;;;;;;;;;;;/h1-8,11-18H,9-10,19-22H2;1-4,17-18H,5-16H2,(H,25,26,27)(H,28,29,30);14*1H2/q+2;;;;;;;;;;;;;;;/p-2. The zero-order chi connectivity index (χ0) is 54.2. The molecule has 7 rings (SSSR count). The number of aromatic nitrogens is 4. The van der Waals surface area contributed by atoms with Crippen molar-refractivity contribution in [3.8, 4) is 45.3 Å². The summed E-state index contributed by atoms with van der Waals surface area (Å²) >= 11 is 0. The Morgan fingerprint density at radius 3 is 0.756 bits per heavy atom. The number of hydrogen-bond acceptors (Lipinski definition) is 18. The van der Waals surface area contributed by atoms with Crippen LogP contribution in [0, 0.1) is 0 Å². The van der Waals surface area contributed by atoms with Gasteiger partial charge in [0.15, 0.2) is 85.7 Å². The number of nitrogens with zero attached hydrogens (tertiary/aromatic N) is 4. The minimum atomic E-state index is -4.68. The van der Waals surface area contributed by atoms with Gasteiger partial charge in [-0.05, 0) is 46.5 Å². The predicted molar refractivity (Wildman–Crippen MR) is 308 cm³/mol. The Morgan fingerprint density at radius 1 is 0.322 bits per heavy atom. The summed E-state index contributed by atoms with van der Waals surface area (Å²) < 4.78 is 120. The zero-order valence-corrected chi connectivity index (χ0v) is 50.0. The highest BCUT2D eigenvalue weighted by molar-refractivity contribution is 7.86. The average Bonchev–Trinajstić information content (AvgIpc) is 1.18. The molecule has 518 valence electrons. The van der Waals surface area contributed by atoms with E-state index in [1.165, 1.54) is 12.1 Å². The molecule has 6 aromatic rings. The third-order valence-corrected chi connectivity index (χ3v) is 12.8. The van der Waals surface area contributed by atoms with E-state index >= 15 is 0 Å². The summed E-state index contributed by atoms with van der Waals surface area (Å²) in [7, 11) is -9.37. The molecule has 1 aliphatic heterocycles. The van der Waals surface area contributed by atoms with Crippen LogP contribution in [0.1, 0.15) is 12.8 Å². The lowest BCUT2D eigenvalue weighted by atomic mass is 10.1. The van der Waals surface area contributed by atoms with Crippen LogP contribution in [0.5, 0.6) is 23.0 Å². The van der Waals surface area contributed by atoms with Gasteiger partial charge in [-0.1, -0.05) is 0 Å². The van der Waals surface area contributed by atoms with Crippen molar-refractivity contribution in [2.24, 2.45) is 0 Å². The van der Waals surface area contributed by atoms with Gasteiger partial charge in [-0.25, -0.2) is 26.0 Å². The summed E-state index contributed by atoms with van der Waals surface area (Å²) in [5, 5.41) is 21.2. The van der Waals surface area contributed by atoms with Crippen LogP contribution >= 0.6 is 0 Å². The van der Waals surface area contributed by atoms with E-state index in [4.69, 9.17) is 37.9 Å². The van der Waals surface area contributed by atoms with Gasteiger partial charge in [-0.3, -0.25) is 0 Å². The Morgan fingerprint density at radius 2 is 0.533 bits per heavy atom. The van der Waals surface area contributed by atoms with Crippen LogP contribution in [-0.2, 0) is 75.0 Å². The molecule has 0 unspecified atom stereocenters. The van der Waals surface area contributed by atoms with Crippen LogP contribution in [-0.4, -0.2) is 194 Å². The topological polar surface area (TPSA) is 725 Å². The van der Waals surface area contributed by atoms with E-state index in [1.54, 1.807) is 0 Å². The SMILES string of the molecule is O.O.O.O.O.O.O.O.O.O.O.O.O.O.O=C([O-])CC[n+]1ccc(-c2cc[n+](CC[n+]3ccc(-c4cc[n+](CCC(=O)[O-])cc4)cc3)cc2)cc1.O=S(=O)([O-])c1ccc2c(c1)OCCOCCOCCOc1ccc(S(=O)(=O)[O-])cc1OCCOCCOCCO2. The molecule has 2 aromatic carbocycles. The number of fused-ring (bicyclic) bond motifs is 2. The molecule has 0 saturated carbocycles. The molecule has 38 heteroatoms. The molecule has 0 fully saturated rings. The number of pyridine rings is 4. The molecule has 0 radical (unpaired) electrons. The smallest absolute Gasteiger partial charge is 0.206 e. The number of carboxylic acid groups (broad SMARTS) is 2. The number of aryl methyl sites for hydroxylation is 4. The molecule has 0 atom stereocenters. The molecule has 0 aliphatic carbocycles. The van der Waals surface area contributed by atoms with E-state index in [-0.39, 0.29) is 192 Å². The van der Waals surface area contributed by atoms with Gasteiger partial charge < -0.3 is 143 Å². The first-order chi connectivity index (χ1) is 36.6. The maximum Gasteiger partial charge on any atom is 0.206 e. The highest BCUT2D eigenvalue weighted by Crippen LogP contribution is 2.31. The van der Waals surface area contributed by atoms with E-state index in [1.807, 2.05) is 58.2 Å². The number of benzene rings is 2. The van der Waals surface area contributed by atoms with Crippen molar-refractivity contribution in [2.75, 3.05) is 79.3 Å². The molecule has 5 heterocycles. The van der Waals surface area contributed by atoms with Gasteiger partial charge in [0.1, 0.15) is 46.7 Å². The maximum absolute atomic E-state index is 11.4. The van der Waals surface area contributed by atoms with Gasteiger partial charge in [0, 0.05) is 85.4 Å². The Kier molecular flexibility index (Phi) is 58.6. The van der Waals surface area contributed by atoms with Crippen molar-refractivity contribution in [3.05, 3.63) is 135 Å². The normalized spacial score (nSPS) is 12.2. The Balaban J connectivity index is -0.000000181. The fourth-order valence-corrected chi connectivity index (χ4v) is 8.08. The summed E-state index contributed by atoms with van der Waals surface area (Å²) in [6.07, 6.45) is 15.7. The lowest BCUT2D eigenvalue weighted by molar-refractivity contribution is -0.778. The van der Waals surface area contributed by atoms with Crippen molar-refractivity contribution < 1.29 is 179 Å². The molecule has 4 aromatic heterocycles. The van der Waals surface area contributed by atoms with E-state index in [2.05, 4.69) is 58.2 Å². The first-order valence-corrected chi connectivity index (χ1v) is 26.8. The van der Waals surface area contributed by atoms with Crippen LogP contribution in [0.3, 0.4) is 0 Å². The molecule has 1 aliphatic rings. The van der Waals surface area contributed by atoms with Crippen LogP contribution in [0.2, 0.25) is 0 Å². The van der Waals surface area contributed by atoms with Crippen LogP contribution < -0.4 is 47.4 Å². The minimum Gasteiger partial charge on any atom is -0.744 e. The second kappa shape index (κ2) is 52.1. The molecule has 0 amide bonds. The summed E-state index contributed by atoms with van der Waals surface area (Å²) in [4.78, 5) is 20.3. The number of ether oxygens (including phenoxy) is 8. The van der Waals surface area contributed by atoms with Gasteiger partial charge in [0.2, 0.25) is 13.1 Å².